The maximum atomic E-state index is 9.00. The molecule has 16 heavy (non-hydrogen) atoms. The minimum absolute atomic E-state index is 0. The van der Waals surface area contributed by atoms with E-state index in [1.54, 1.807) is 0 Å². The van der Waals surface area contributed by atoms with Gasteiger partial charge < -0.3 is 26.4 Å². The fourth-order valence-electron chi connectivity index (χ4n) is 0.835. The molecule has 6 N–H and O–H groups in total. The summed E-state index contributed by atoms with van der Waals surface area (Å²) in [5.41, 5.74) is 11.7. The van der Waals surface area contributed by atoms with Gasteiger partial charge in [0.25, 0.3) is 0 Å². The predicted octanol–water partition coefficient (Wildman–Crippen LogP) is -0.178. The van der Waals surface area contributed by atoms with E-state index in [1.165, 1.54) is 12.3 Å². The van der Waals surface area contributed by atoms with Crippen LogP contribution in [0.4, 0.5) is 11.4 Å². The first-order valence-corrected chi connectivity index (χ1v) is 4.06. The summed E-state index contributed by atoms with van der Waals surface area (Å²) < 4.78 is 5.04. The molecule has 0 aromatic carbocycles. The van der Waals surface area contributed by atoms with Crippen LogP contribution in [0.25, 0.3) is 0 Å². The molecule has 0 spiro atoms. The van der Waals surface area contributed by atoms with Crippen LogP contribution in [0.15, 0.2) is 12.3 Å². The molecule has 1 rings (SSSR count). The van der Waals surface area contributed by atoms with Gasteiger partial charge in [0.2, 0.25) is 5.88 Å². The summed E-state index contributed by atoms with van der Waals surface area (Å²) >= 11 is 0. The summed E-state index contributed by atoms with van der Waals surface area (Å²) in [7, 11) is 0. The van der Waals surface area contributed by atoms with E-state index in [2.05, 4.69) is 4.98 Å². The van der Waals surface area contributed by atoms with Crippen molar-refractivity contribution < 1.29 is 14.9 Å². The number of nitrogens with two attached hydrogens (primary N) is 2. The number of aliphatic hydroxyl groups is 2. The van der Waals surface area contributed by atoms with Crippen molar-refractivity contribution in [2.45, 2.75) is 6.10 Å². The Morgan fingerprint density at radius 2 is 2.00 bits per heavy atom. The molecule has 0 amide bonds. The molecule has 0 bridgehead atoms. The van der Waals surface area contributed by atoms with E-state index in [4.69, 9.17) is 26.4 Å². The van der Waals surface area contributed by atoms with Gasteiger partial charge >= 0.3 is 0 Å². The minimum Gasteiger partial charge on any atom is -0.473 e. The third kappa shape index (κ3) is 5.22. The van der Waals surface area contributed by atoms with Crippen LogP contribution in [0.2, 0.25) is 0 Å². The SMILES string of the molecule is Cl.Cl.Nc1cnc(OCC(O)CO)c(N)c1. The van der Waals surface area contributed by atoms with E-state index in [0.29, 0.717) is 11.4 Å². The maximum absolute atomic E-state index is 9.00. The second-order valence-electron chi connectivity index (χ2n) is 2.81. The number of aliphatic hydroxyl groups excluding tert-OH is 2. The maximum Gasteiger partial charge on any atom is 0.237 e. The summed E-state index contributed by atoms with van der Waals surface area (Å²) in [5, 5.41) is 17.5. The largest absolute Gasteiger partial charge is 0.473 e. The lowest BCUT2D eigenvalue weighted by Gasteiger charge is -2.10. The molecule has 1 aromatic heterocycles. The van der Waals surface area contributed by atoms with E-state index in [1.807, 2.05) is 0 Å². The molecule has 1 atom stereocenters. The third-order valence-corrected chi connectivity index (χ3v) is 1.52. The molecular weight excluding hydrogens is 257 g/mol. The van der Waals surface area contributed by atoms with Gasteiger partial charge in [-0.15, -0.1) is 24.8 Å². The van der Waals surface area contributed by atoms with Crippen molar-refractivity contribution in [2.24, 2.45) is 0 Å². The number of ether oxygens (including phenoxy) is 1. The Morgan fingerprint density at radius 3 is 2.50 bits per heavy atom. The highest BCUT2D eigenvalue weighted by atomic mass is 35.5. The standard InChI is InChI=1S/C8H13N3O3.2ClH/c9-5-1-7(10)8(11-2-5)14-4-6(13)3-12;;/h1-2,6,12-13H,3-4,9-10H2;2*1H. The predicted molar refractivity (Wildman–Crippen MR) is 66.1 cm³/mol. The average molecular weight is 272 g/mol. The number of halogens is 2. The van der Waals surface area contributed by atoms with Gasteiger partial charge in [-0.2, -0.15) is 0 Å². The Morgan fingerprint density at radius 1 is 1.38 bits per heavy atom. The van der Waals surface area contributed by atoms with Crippen molar-refractivity contribution in [2.75, 3.05) is 24.7 Å². The first-order valence-electron chi connectivity index (χ1n) is 4.06. The lowest BCUT2D eigenvalue weighted by molar-refractivity contribution is 0.0524. The smallest absolute Gasteiger partial charge is 0.237 e. The van der Waals surface area contributed by atoms with Gasteiger partial charge in [-0.1, -0.05) is 0 Å². The number of hydrogen-bond acceptors (Lipinski definition) is 6. The average Bonchev–Trinajstić information content (AvgIpc) is 2.16. The van der Waals surface area contributed by atoms with Crippen LogP contribution in [0, 0.1) is 0 Å². The van der Waals surface area contributed by atoms with E-state index in [-0.39, 0.29) is 43.9 Å². The topological polar surface area (TPSA) is 115 Å². The van der Waals surface area contributed by atoms with Crippen LogP contribution < -0.4 is 16.2 Å². The first-order chi connectivity index (χ1) is 6.63. The molecule has 0 aliphatic rings. The van der Waals surface area contributed by atoms with Gasteiger partial charge in [0.1, 0.15) is 12.7 Å². The van der Waals surface area contributed by atoms with Crippen molar-refractivity contribution in [1.82, 2.24) is 4.98 Å². The normalized spacial score (nSPS) is 10.9. The Hall–Kier alpha value is -0.950. The highest BCUT2D eigenvalue weighted by Crippen LogP contribution is 2.19. The number of nitrogen functional groups attached to an aromatic ring is 2. The molecule has 94 valence electrons. The fraction of sp³-hybridized carbons (Fsp3) is 0.375. The van der Waals surface area contributed by atoms with Crippen molar-refractivity contribution in [3.63, 3.8) is 0 Å². The third-order valence-electron chi connectivity index (χ3n) is 1.52. The molecule has 1 aromatic rings. The summed E-state index contributed by atoms with van der Waals surface area (Å²) in [6.45, 7) is -0.424. The van der Waals surface area contributed by atoms with Crippen LogP contribution in [-0.2, 0) is 0 Å². The minimum atomic E-state index is -0.936. The Bertz CT molecular complexity index is 315. The number of rotatable bonds is 4. The molecule has 0 aliphatic carbocycles. The Kier molecular flexibility index (Phi) is 8.97. The number of aromatic nitrogens is 1. The van der Waals surface area contributed by atoms with Crippen molar-refractivity contribution in [3.05, 3.63) is 12.3 Å². The number of hydrogen-bond donors (Lipinski definition) is 4. The van der Waals surface area contributed by atoms with Crippen molar-refractivity contribution in [1.29, 1.82) is 0 Å². The van der Waals surface area contributed by atoms with Crippen LogP contribution in [0.5, 0.6) is 5.88 Å². The molecule has 0 radical (unpaired) electrons. The number of anilines is 2. The first kappa shape index (κ1) is 17.4. The molecule has 1 unspecified atom stereocenters. The zero-order valence-corrected chi connectivity index (χ0v) is 10.0. The molecule has 6 nitrogen and oxygen atoms in total. The molecular formula is C8H15Cl2N3O3. The van der Waals surface area contributed by atoms with Gasteiger partial charge in [0.05, 0.1) is 24.2 Å². The highest BCUT2D eigenvalue weighted by Gasteiger charge is 2.06. The molecule has 0 saturated heterocycles. The second kappa shape index (κ2) is 8.23. The van der Waals surface area contributed by atoms with Gasteiger partial charge in [-0.05, 0) is 6.07 Å². The number of nitrogens with zero attached hydrogens (tertiary/aromatic N) is 1. The van der Waals surface area contributed by atoms with Gasteiger partial charge in [-0.3, -0.25) is 0 Å². The quantitative estimate of drug-likeness (QED) is 0.604. The lowest BCUT2D eigenvalue weighted by Crippen LogP contribution is -2.22. The van der Waals surface area contributed by atoms with Crippen LogP contribution >= 0.6 is 24.8 Å². The fourth-order valence-corrected chi connectivity index (χ4v) is 0.835. The van der Waals surface area contributed by atoms with Crippen molar-refractivity contribution >= 4 is 36.2 Å². The van der Waals surface area contributed by atoms with E-state index in [0.717, 1.165) is 0 Å². The lowest BCUT2D eigenvalue weighted by atomic mass is 10.3. The summed E-state index contributed by atoms with van der Waals surface area (Å²) in [4.78, 5) is 3.82. The highest BCUT2D eigenvalue weighted by molar-refractivity contribution is 5.85. The van der Waals surface area contributed by atoms with E-state index >= 15 is 0 Å². The zero-order valence-electron chi connectivity index (χ0n) is 8.37. The second-order valence-corrected chi connectivity index (χ2v) is 2.81. The summed E-state index contributed by atoms with van der Waals surface area (Å²) in [5.74, 6) is 0.201. The van der Waals surface area contributed by atoms with Gasteiger partial charge in [0.15, 0.2) is 0 Å². The molecule has 0 saturated carbocycles. The Balaban J connectivity index is 0. The molecule has 1 heterocycles. The van der Waals surface area contributed by atoms with Crippen molar-refractivity contribution in [3.8, 4) is 5.88 Å². The van der Waals surface area contributed by atoms with E-state index < -0.39 is 6.10 Å². The summed E-state index contributed by atoms with van der Waals surface area (Å²) in [6.07, 6.45) is 0.463. The van der Waals surface area contributed by atoms with Gasteiger partial charge in [0, 0.05) is 0 Å². The summed E-state index contributed by atoms with van der Waals surface area (Å²) in [6, 6.07) is 1.51. The van der Waals surface area contributed by atoms with Crippen LogP contribution in [0.1, 0.15) is 0 Å². The molecule has 0 fully saturated rings. The molecule has 0 aliphatic heterocycles. The van der Waals surface area contributed by atoms with Gasteiger partial charge in [-0.25, -0.2) is 4.98 Å². The van der Waals surface area contributed by atoms with Crippen LogP contribution in [-0.4, -0.2) is 34.5 Å². The number of pyridine rings is 1. The molecule has 8 heteroatoms. The monoisotopic (exact) mass is 271 g/mol. The zero-order chi connectivity index (χ0) is 10.6. The Labute approximate surface area is 105 Å². The van der Waals surface area contributed by atoms with E-state index in [9.17, 15) is 0 Å². The van der Waals surface area contributed by atoms with Crippen LogP contribution in [0.3, 0.4) is 0 Å².